The molecule has 4 nitrogen and oxygen atoms in total. The third-order valence-electron chi connectivity index (χ3n) is 3.86. The van der Waals surface area contributed by atoms with Crippen molar-refractivity contribution in [2.75, 3.05) is 6.61 Å². The van der Waals surface area contributed by atoms with Gasteiger partial charge in [0.2, 0.25) is 0 Å². The van der Waals surface area contributed by atoms with Crippen LogP contribution in [0.5, 0.6) is 5.75 Å². The van der Waals surface area contributed by atoms with Gasteiger partial charge in [-0.1, -0.05) is 25.1 Å². The van der Waals surface area contributed by atoms with Crippen LogP contribution in [0.15, 0.2) is 36.7 Å². The number of aromatic nitrogens is 1. The van der Waals surface area contributed by atoms with Crippen LogP contribution >= 0.6 is 0 Å². The third-order valence-corrected chi connectivity index (χ3v) is 3.86. The molecule has 1 unspecified atom stereocenters. The van der Waals surface area contributed by atoms with E-state index in [9.17, 15) is 0 Å². The summed E-state index contributed by atoms with van der Waals surface area (Å²) in [6, 6.07) is 8.22. The van der Waals surface area contributed by atoms with Gasteiger partial charge in [0, 0.05) is 24.4 Å². The van der Waals surface area contributed by atoms with Crippen molar-refractivity contribution in [3.63, 3.8) is 0 Å². The molecule has 4 heteroatoms. The predicted molar refractivity (Wildman–Crippen MR) is 78.4 cm³/mol. The summed E-state index contributed by atoms with van der Waals surface area (Å²) in [5.41, 5.74) is 7.65. The summed E-state index contributed by atoms with van der Waals surface area (Å²) in [6.45, 7) is 2.88. The fraction of sp³-hybridized carbons (Fsp3) is 0.312. The number of fused-ring (bicyclic) bond motifs is 1. The van der Waals surface area contributed by atoms with E-state index in [2.05, 4.69) is 35.5 Å². The third kappa shape index (κ3) is 2.17. The number of nitrogens with one attached hydrogen (secondary N) is 1. The molecule has 2 heterocycles. The second-order valence-corrected chi connectivity index (χ2v) is 4.96. The number of hydrazine groups is 1. The summed E-state index contributed by atoms with van der Waals surface area (Å²) in [4.78, 5) is 4.20. The molecular weight excluding hydrogens is 250 g/mol. The molecule has 0 radical (unpaired) electrons. The topological polar surface area (TPSA) is 60.2 Å². The lowest BCUT2D eigenvalue weighted by atomic mass is 9.93. The maximum Gasteiger partial charge on any atom is 0.127 e. The SMILES string of the molecule is CCc1cnccc1C(NN)c1cccc2c1OCC2. The maximum atomic E-state index is 5.83. The van der Waals surface area contributed by atoms with Gasteiger partial charge in [0.25, 0.3) is 0 Å². The first-order valence-electron chi connectivity index (χ1n) is 6.98. The highest BCUT2D eigenvalue weighted by Gasteiger charge is 2.23. The maximum absolute atomic E-state index is 5.83. The standard InChI is InChI=1S/C16H19N3O/c1-2-11-10-18-8-6-13(11)15(19-17)14-5-3-4-12-7-9-20-16(12)14/h3-6,8,10,15,19H,2,7,9,17H2,1H3. The highest BCUT2D eigenvalue weighted by atomic mass is 16.5. The molecule has 0 aliphatic carbocycles. The Labute approximate surface area is 119 Å². The molecule has 1 aromatic carbocycles. The molecule has 0 saturated carbocycles. The number of rotatable bonds is 4. The first-order chi connectivity index (χ1) is 9.85. The molecule has 3 N–H and O–H groups in total. The van der Waals surface area contributed by atoms with E-state index in [1.165, 1.54) is 11.1 Å². The Morgan fingerprint density at radius 1 is 1.35 bits per heavy atom. The van der Waals surface area contributed by atoms with Crippen molar-refractivity contribution in [2.45, 2.75) is 25.8 Å². The summed E-state index contributed by atoms with van der Waals surface area (Å²) in [5, 5.41) is 0. The zero-order chi connectivity index (χ0) is 13.9. The quantitative estimate of drug-likeness (QED) is 0.659. The van der Waals surface area contributed by atoms with Crippen molar-refractivity contribution in [3.05, 3.63) is 58.9 Å². The first kappa shape index (κ1) is 13.1. The summed E-state index contributed by atoms with van der Waals surface area (Å²) >= 11 is 0. The molecule has 1 aromatic heterocycles. The largest absolute Gasteiger partial charge is 0.493 e. The summed E-state index contributed by atoms with van der Waals surface area (Å²) < 4.78 is 5.80. The second-order valence-electron chi connectivity index (χ2n) is 4.96. The van der Waals surface area contributed by atoms with Crippen LogP contribution in [0.1, 0.15) is 35.2 Å². The molecular formula is C16H19N3O. The van der Waals surface area contributed by atoms with E-state index in [0.717, 1.165) is 36.3 Å². The normalized spacial score (nSPS) is 14.7. The highest BCUT2D eigenvalue weighted by molar-refractivity contribution is 5.49. The van der Waals surface area contributed by atoms with Gasteiger partial charge in [0.15, 0.2) is 0 Å². The van der Waals surface area contributed by atoms with Gasteiger partial charge in [-0.25, -0.2) is 5.43 Å². The lowest BCUT2D eigenvalue weighted by Gasteiger charge is -2.21. The molecule has 0 amide bonds. The summed E-state index contributed by atoms with van der Waals surface area (Å²) in [5.74, 6) is 6.81. The van der Waals surface area contributed by atoms with Crippen LogP contribution in [0.3, 0.4) is 0 Å². The average molecular weight is 269 g/mol. The van der Waals surface area contributed by atoms with Crippen molar-refractivity contribution < 1.29 is 4.74 Å². The number of hydrogen-bond donors (Lipinski definition) is 2. The molecule has 0 bridgehead atoms. The molecule has 0 fully saturated rings. The van der Waals surface area contributed by atoms with Gasteiger partial charge >= 0.3 is 0 Å². The molecule has 0 spiro atoms. The smallest absolute Gasteiger partial charge is 0.127 e. The number of nitrogens with zero attached hydrogens (tertiary/aromatic N) is 1. The van der Waals surface area contributed by atoms with Gasteiger partial charge < -0.3 is 4.74 Å². The van der Waals surface area contributed by atoms with E-state index >= 15 is 0 Å². The van der Waals surface area contributed by atoms with E-state index in [0.29, 0.717) is 0 Å². The number of aryl methyl sites for hydroxylation is 1. The average Bonchev–Trinajstić information content (AvgIpc) is 2.98. The first-order valence-corrected chi connectivity index (χ1v) is 6.98. The van der Waals surface area contributed by atoms with E-state index < -0.39 is 0 Å². The molecule has 1 aliphatic rings. The number of nitrogens with two attached hydrogens (primary N) is 1. The molecule has 2 aromatic rings. The molecule has 20 heavy (non-hydrogen) atoms. The van der Waals surface area contributed by atoms with E-state index in [1.54, 1.807) is 0 Å². The Morgan fingerprint density at radius 3 is 3.05 bits per heavy atom. The fourth-order valence-electron chi connectivity index (χ4n) is 2.83. The zero-order valence-electron chi connectivity index (χ0n) is 11.6. The van der Waals surface area contributed by atoms with Gasteiger partial charge in [0.1, 0.15) is 5.75 Å². The van der Waals surface area contributed by atoms with Crippen molar-refractivity contribution in [3.8, 4) is 5.75 Å². The van der Waals surface area contributed by atoms with Gasteiger partial charge in [-0.3, -0.25) is 10.8 Å². The summed E-state index contributed by atoms with van der Waals surface area (Å²) in [7, 11) is 0. The fourth-order valence-corrected chi connectivity index (χ4v) is 2.83. The van der Waals surface area contributed by atoms with Crippen LogP contribution < -0.4 is 16.0 Å². The second kappa shape index (κ2) is 5.61. The van der Waals surface area contributed by atoms with Crippen LogP contribution in [-0.2, 0) is 12.8 Å². The zero-order valence-corrected chi connectivity index (χ0v) is 11.6. The molecule has 1 aliphatic heterocycles. The Kier molecular flexibility index (Phi) is 3.67. The Bertz CT molecular complexity index is 612. The van der Waals surface area contributed by atoms with Crippen molar-refractivity contribution in [2.24, 2.45) is 5.84 Å². The van der Waals surface area contributed by atoms with E-state index in [4.69, 9.17) is 10.6 Å². The van der Waals surface area contributed by atoms with Crippen molar-refractivity contribution >= 4 is 0 Å². The minimum atomic E-state index is -0.0685. The molecule has 104 valence electrons. The van der Waals surface area contributed by atoms with Crippen molar-refractivity contribution in [1.29, 1.82) is 0 Å². The van der Waals surface area contributed by atoms with Gasteiger partial charge in [-0.05, 0) is 29.2 Å². The lowest BCUT2D eigenvalue weighted by Crippen LogP contribution is -2.30. The number of pyridine rings is 1. The molecule has 3 rings (SSSR count). The number of benzene rings is 1. The number of ether oxygens (including phenoxy) is 1. The minimum Gasteiger partial charge on any atom is -0.493 e. The molecule has 1 atom stereocenters. The Morgan fingerprint density at radius 2 is 2.25 bits per heavy atom. The Hall–Kier alpha value is -1.91. The van der Waals surface area contributed by atoms with Crippen molar-refractivity contribution in [1.82, 2.24) is 10.4 Å². The predicted octanol–water partition coefficient (Wildman–Crippen LogP) is 2.13. The molecule has 0 saturated heterocycles. The minimum absolute atomic E-state index is 0.0685. The Balaban J connectivity index is 2.09. The lowest BCUT2D eigenvalue weighted by molar-refractivity contribution is 0.350. The number of para-hydroxylation sites is 1. The van der Waals surface area contributed by atoms with E-state index in [-0.39, 0.29) is 6.04 Å². The van der Waals surface area contributed by atoms with E-state index in [1.807, 2.05) is 18.5 Å². The van der Waals surface area contributed by atoms with Crippen LogP contribution in [0.25, 0.3) is 0 Å². The van der Waals surface area contributed by atoms with Crippen LogP contribution in [0.4, 0.5) is 0 Å². The van der Waals surface area contributed by atoms with Crippen LogP contribution in [0, 0.1) is 0 Å². The van der Waals surface area contributed by atoms with Crippen LogP contribution in [0.2, 0.25) is 0 Å². The van der Waals surface area contributed by atoms with Gasteiger partial charge in [-0.15, -0.1) is 0 Å². The van der Waals surface area contributed by atoms with Gasteiger partial charge in [-0.2, -0.15) is 0 Å². The number of hydrogen-bond acceptors (Lipinski definition) is 4. The van der Waals surface area contributed by atoms with Gasteiger partial charge in [0.05, 0.1) is 12.6 Å². The summed E-state index contributed by atoms with van der Waals surface area (Å²) in [6.07, 6.45) is 5.61. The van der Waals surface area contributed by atoms with Crippen LogP contribution in [-0.4, -0.2) is 11.6 Å². The highest BCUT2D eigenvalue weighted by Crippen LogP contribution is 2.36. The monoisotopic (exact) mass is 269 g/mol.